The first-order valence-corrected chi connectivity index (χ1v) is 8.90. The standard InChI is InChI=1S/C23H18O5/c1-5-11(2)17-10-15(24)18-12(3)9-14-20(23(18)28-17)22(26)19-13(21(14)25)7-6-8-16(19)27-4/h5-10H,1-4H3/b11-5-. The van der Waals surface area contributed by atoms with Gasteiger partial charge in [0.1, 0.15) is 11.5 Å². The molecule has 0 saturated heterocycles. The van der Waals surface area contributed by atoms with Crippen LogP contribution < -0.4 is 10.2 Å². The van der Waals surface area contributed by atoms with Crippen LogP contribution in [0.3, 0.4) is 0 Å². The summed E-state index contributed by atoms with van der Waals surface area (Å²) >= 11 is 0. The van der Waals surface area contributed by atoms with Gasteiger partial charge in [0.05, 0.1) is 23.6 Å². The number of aryl methyl sites for hydroxylation is 1. The number of hydrogen-bond acceptors (Lipinski definition) is 5. The first-order valence-electron chi connectivity index (χ1n) is 8.90. The van der Waals surface area contributed by atoms with Crippen molar-refractivity contribution < 1.29 is 18.7 Å². The average Bonchev–Trinajstić information content (AvgIpc) is 2.69. The number of ketones is 2. The summed E-state index contributed by atoms with van der Waals surface area (Å²) in [5, 5.41) is 0.311. The van der Waals surface area contributed by atoms with Gasteiger partial charge >= 0.3 is 0 Å². The molecule has 1 heterocycles. The fourth-order valence-corrected chi connectivity index (χ4v) is 3.66. The number of carbonyl (C=O) groups is 2. The lowest BCUT2D eigenvalue weighted by Crippen LogP contribution is -2.23. The van der Waals surface area contributed by atoms with E-state index < -0.39 is 0 Å². The van der Waals surface area contributed by atoms with E-state index in [1.807, 2.05) is 19.9 Å². The second-order valence-corrected chi connectivity index (χ2v) is 6.81. The summed E-state index contributed by atoms with van der Waals surface area (Å²) < 4.78 is 11.3. The van der Waals surface area contributed by atoms with Crippen LogP contribution in [0.5, 0.6) is 5.75 Å². The van der Waals surface area contributed by atoms with E-state index in [0.717, 1.165) is 5.57 Å². The van der Waals surface area contributed by atoms with Gasteiger partial charge in [-0.2, -0.15) is 0 Å². The third-order valence-corrected chi connectivity index (χ3v) is 5.21. The molecule has 2 aromatic carbocycles. The Hall–Kier alpha value is -3.47. The van der Waals surface area contributed by atoms with Gasteiger partial charge in [0.15, 0.2) is 16.8 Å². The van der Waals surface area contributed by atoms with Crippen molar-refractivity contribution in [3.05, 3.63) is 80.2 Å². The number of hydrogen-bond donors (Lipinski definition) is 0. The molecule has 0 saturated carbocycles. The van der Waals surface area contributed by atoms with E-state index >= 15 is 0 Å². The molecule has 0 bridgehead atoms. The van der Waals surface area contributed by atoms with Gasteiger partial charge in [-0.15, -0.1) is 0 Å². The Balaban J connectivity index is 2.17. The number of methoxy groups -OCH3 is 1. The van der Waals surface area contributed by atoms with E-state index in [0.29, 0.717) is 28.0 Å². The minimum absolute atomic E-state index is 0.116. The summed E-state index contributed by atoms with van der Waals surface area (Å²) in [6.45, 7) is 5.39. The van der Waals surface area contributed by atoms with Gasteiger partial charge in [0, 0.05) is 17.2 Å². The Morgan fingerprint density at radius 3 is 2.46 bits per heavy atom. The monoisotopic (exact) mass is 374 g/mol. The first-order chi connectivity index (χ1) is 13.4. The first kappa shape index (κ1) is 17.9. The van der Waals surface area contributed by atoms with Gasteiger partial charge in [-0.25, -0.2) is 0 Å². The predicted molar refractivity (Wildman–Crippen MR) is 106 cm³/mol. The van der Waals surface area contributed by atoms with Gasteiger partial charge < -0.3 is 9.15 Å². The van der Waals surface area contributed by atoms with Crippen molar-refractivity contribution in [1.82, 2.24) is 0 Å². The van der Waals surface area contributed by atoms with E-state index in [1.165, 1.54) is 13.2 Å². The van der Waals surface area contributed by atoms with Gasteiger partial charge in [-0.05, 0) is 44.0 Å². The van der Waals surface area contributed by atoms with Gasteiger partial charge in [0.25, 0.3) is 0 Å². The summed E-state index contributed by atoms with van der Waals surface area (Å²) in [6.07, 6.45) is 1.82. The molecule has 0 atom stereocenters. The Morgan fingerprint density at radius 2 is 1.79 bits per heavy atom. The molecule has 4 rings (SSSR count). The molecule has 28 heavy (non-hydrogen) atoms. The molecule has 0 aliphatic heterocycles. The van der Waals surface area contributed by atoms with E-state index in [-0.39, 0.29) is 39.3 Å². The zero-order valence-corrected chi connectivity index (χ0v) is 16.0. The van der Waals surface area contributed by atoms with Crippen LogP contribution in [0, 0.1) is 6.92 Å². The van der Waals surface area contributed by atoms with Crippen LogP contribution in [0.1, 0.15) is 57.0 Å². The largest absolute Gasteiger partial charge is 0.496 e. The number of carbonyl (C=O) groups excluding carboxylic acids is 2. The molecule has 0 amide bonds. The number of fused-ring (bicyclic) bond motifs is 4. The van der Waals surface area contributed by atoms with Crippen molar-refractivity contribution in [2.45, 2.75) is 20.8 Å². The smallest absolute Gasteiger partial charge is 0.202 e. The molecule has 140 valence electrons. The van der Waals surface area contributed by atoms with Crippen LogP contribution in [0.2, 0.25) is 0 Å². The Bertz CT molecular complexity index is 1270. The second-order valence-electron chi connectivity index (χ2n) is 6.81. The van der Waals surface area contributed by atoms with Gasteiger partial charge in [0.2, 0.25) is 5.78 Å². The summed E-state index contributed by atoms with van der Waals surface area (Å²) in [5.41, 5.74) is 2.11. The lowest BCUT2D eigenvalue weighted by atomic mass is 9.81. The van der Waals surface area contributed by atoms with Crippen LogP contribution in [0.25, 0.3) is 16.5 Å². The van der Waals surface area contributed by atoms with E-state index in [2.05, 4.69) is 0 Å². The maximum absolute atomic E-state index is 13.4. The van der Waals surface area contributed by atoms with Crippen LogP contribution in [-0.2, 0) is 0 Å². The molecule has 1 aromatic heterocycles. The summed E-state index contributed by atoms with van der Waals surface area (Å²) in [6, 6.07) is 7.93. The van der Waals surface area contributed by atoms with E-state index in [1.54, 1.807) is 31.2 Å². The fourth-order valence-electron chi connectivity index (χ4n) is 3.66. The van der Waals surface area contributed by atoms with Crippen LogP contribution >= 0.6 is 0 Å². The molecule has 3 aromatic rings. The number of allylic oxidation sites excluding steroid dienone is 2. The average molecular weight is 374 g/mol. The van der Waals surface area contributed by atoms with Crippen molar-refractivity contribution in [1.29, 1.82) is 0 Å². The minimum atomic E-state index is -0.384. The van der Waals surface area contributed by atoms with Crippen LogP contribution in [-0.4, -0.2) is 18.7 Å². The lowest BCUT2D eigenvalue weighted by molar-refractivity contribution is 0.0977. The molecule has 1 aliphatic carbocycles. The molecule has 0 fully saturated rings. The number of ether oxygens (including phenoxy) is 1. The minimum Gasteiger partial charge on any atom is -0.496 e. The SMILES string of the molecule is C/C=C(/C)c1cc(=O)c2c(C)cc3c(c2o1)C(=O)c1c(OC)cccc1C3=O. The van der Waals surface area contributed by atoms with E-state index in [9.17, 15) is 14.4 Å². The third-order valence-electron chi connectivity index (χ3n) is 5.21. The Kier molecular flexibility index (Phi) is 4.03. The predicted octanol–water partition coefficient (Wildman–Crippen LogP) is 4.31. The van der Waals surface area contributed by atoms with Crippen molar-refractivity contribution in [2.24, 2.45) is 0 Å². The van der Waals surface area contributed by atoms with Gasteiger partial charge in [-0.3, -0.25) is 14.4 Å². The molecule has 0 unspecified atom stereocenters. The lowest BCUT2D eigenvalue weighted by Gasteiger charge is -2.21. The highest BCUT2D eigenvalue weighted by Gasteiger charge is 2.35. The quantitative estimate of drug-likeness (QED) is 0.523. The zero-order chi connectivity index (χ0) is 20.2. The van der Waals surface area contributed by atoms with E-state index in [4.69, 9.17) is 9.15 Å². The molecular weight excluding hydrogens is 356 g/mol. The molecule has 5 nitrogen and oxygen atoms in total. The highest BCUT2D eigenvalue weighted by Crippen LogP contribution is 2.37. The van der Waals surface area contributed by atoms with Crippen molar-refractivity contribution >= 4 is 28.1 Å². The van der Waals surface area contributed by atoms with Crippen molar-refractivity contribution in [3.63, 3.8) is 0 Å². The van der Waals surface area contributed by atoms with Crippen molar-refractivity contribution in [2.75, 3.05) is 7.11 Å². The summed E-state index contributed by atoms with van der Waals surface area (Å²) in [4.78, 5) is 39.3. The fraction of sp³-hybridized carbons (Fsp3) is 0.174. The van der Waals surface area contributed by atoms with Crippen LogP contribution in [0.15, 0.2) is 45.6 Å². The highest BCUT2D eigenvalue weighted by molar-refractivity contribution is 6.32. The van der Waals surface area contributed by atoms with Crippen LogP contribution in [0.4, 0.5) is 0 Å². The molecule has 5 heteroatoms. The maximum Gasteiger partial charge on any atom is 0.202 e. The highest BCUT2D eigenvalue weighted by atomic mass is 16.5. The summed E-state index contributed by atoms with van der Waals surface area (Å²) in [5.74, 6) is 0.0204. The topological polar surface area (TPSA) is 73.6 Å². The Morgan fingerprint density at radius 1 is 1.04 bits per heavy atom. The molecule has 0 N–H and O–H groups in total. The number of rotatable bonds is 2. The van der Waals surface area contributed by atoms with Gasteiger partial charge in [-0.1, -0.05) is 18.2 Å². The summed E-state index contributed by atoms with van der Waals surface area (Å²) in [7, 11) is 1.45. The number of benzene rings is 2. The second kappa shape index (κ2) is 6.30. The third kappa shape index (κ3) is 2.36. The zero-order valence-electron chi connectivity index (χ0n) is 16.0. The molecule has 1 aliphatic rings. The maximum atomic E-state index is 13.4. The normalized spacial score (nSPS) is 13.5. The van der Waals surface area contributed by atoms with Crippen molar-refractivity contribution in [3.8, 4) is 5.75 Å². The molecule has 0 spiro atoms. The molecular formula is C23H18O5. The Labute approximate surface area is 161 Å². The molecule has 0 radical (unpaired) electrons.